The van der Waals surface area contributed by atoms with Crippen molar-refractivity contribution in [3.8, 4) is 0 Å². The highest BCUT2D eigenvalue weighted by molar-refractivity contribution is 5.97. The largest absolute Gasteiger partial charge is 0.338 e. The SMILES string of the molecule is CC1C=CC=C(c2nc3ccc(C(=O)N4CCN(Cc5ccccc5F)CC4)cc3[nH]2)C=C1. The van der Waals surface area contributed by atoms with E-state index in [9.17, 15) is 9.18 Å². The Hall–Kier alpha value is -3.51. The van der Waals surface area contributed by atoms with Gasteiger partial charge in [0.05, 0.1) is 11.0 Å². The lowest BCUT2D eigenvalue weighted by atomic mass is 10.1. The Morgan fingerprint density at radius 1 is 1.12 bits per heavy atom. The van der Waals surface area contributed by atoms with Gasteiger partial charge in [0.15, 0.2) is 0 Å². The van der Waals surface area contributed by atoms with Gasteiger partial charge in [-0.15, -0.1) is 0 Å². The number of hydrogen-bond donors (Lipinski definition) is 1. The number of nitrogens with zero attached hydrogens (tertiary/aromatic N) is 3. The lowest BCUT2D eigenvalue weighted by molar-refractivity contribution is 0.0627. The van der Waals surface area contributed by atoms with Crippen LogP contribution in [0.1, 0.15) is 28.7 Å². The van der Waals surface area contributed by atoms with Gasteiger partial charge in [-0.3, -0.25) is 9.69 Å². The van der Waals surface area contributed by atoms with Crippen LogP contribution in [-0.4, -0.2) is 51.9 Å². The highest BCUT2D eigenvalue weighted by Crippen LogP contribution is 2.23. The number of H-pyrrole nitrogens is 1. The molecule has 3 aromatic rings. The van der Waals surface area contributed by atoms with Crippen LogP contribution in [0.15, 0.2) is 72.8 Å². The average molecular weight is 443 g/mol. The van der Waals surface area contributed by atoms with Gasteiger partial charge in [0, 0.05) is 49.4 Å². The topological polar surface area (TPSA) is 52.2 Å². The molecule has 1 amide bonds. The van der Waals surface area contributed by atoms with Crippen LogP contribution in [0.5, 0.6) is 0 Å². The van der Waals surface area contributed by atoms with Crippen molar-refractivity contribution in [1.29, 1.82) is 0 Å². The molecule has 1 aliphatic carbocycles. The smallest absolute Gasteiger partial charge is 0.254 e. The number of carbonyl (C=O) groups excluding carboxylic acids is 1. The van der Waals surface area contributed by atoms with Crippen molar-refractivity contribution in [3.63, 3.8) is 0 Å². The molecule has 2 aliphatic rings. The number of fused-ring (bicyclic) bond motifs is 1. The monoisotopic (exact) mass is 442 g/mol. The van der Waals surface area contributed by atoms with Crippen molar-refractivity contribution in [2.75, 3.05) is 26.2 Å². The maximum atomic E-state index is 13.9. The Balaban J connectivity index is 1.26. The molecule has 1 unspecified atom stereocenters. The van der Waals surface area contributed by atoms with Crippen LogP contribution in [0, 0.1) is 11.7 Å². The van der Waals surface area contributed by atoms with Crippen LogP contribution in [0.4, 0.5) is 4.39 Å². The zero-order valence-corrected chi connectivity index (χ0v) is 18.7. The summed E-state index contributed by atoms with van der Waals surface area (Å²) in [5.74, 6) is 1.03. The predicted molar refractivity (Wildman–Crippen MR) is 129 cm³/mol. The van der Waals surface area contributed by atoms with E-state index in [-0.39, 0.29) is 11.7 Å². The molecule has 1 atom stereocenters. The second kappa shape index (κ2) is 9.16. The summed E-state index contributed by atoms with van der Waals surface area (Å²) in [5, 5.41) is 0. The first-order valence-electron chi connectivity index (χ1n) is 11.4. The molecule has 1 aromatic heterocycles. The fraction of sp³-hybridized carbons (Fsp3) is 0.259. The maximum absolute atomic E-state index is 13.9. The number of rotatable bonds is 4. The van der Waals surface area contributed by atoms with Gasteiger partial charge >= 0.3 is 0 Å². The maximum Gasteiger partial charge on any atom is 0.254 e. The van der Waals surface area contributed by atoms with Crippen LogP contribution in [0.2, 0.25) is 0 Å². The van der Waals surface area contributed by atoms with E-state index in [0.717, 1.165) is 35.5 Å². The third kappa shape index (κ3) is 4.66. The van der Waals surface area contributed by atoms with Crippen molar-refractivity contribution < 1.29 is 9.18 Å². The fourth-order valence-corrected chi connectivity index (χ4v) is 4.31. The van der Waals surface area contributed by atoms with E-state index in [0.29, 0.717) is 36.7 Å². The minimum Gasteiger partial charge on any atom is -0.338 e. The van der Waals surface area contributed by atoms with Gasteiger partial charge in [-0.05, 0) is 30.2 Å². The summed E-state index contributed by atoms with van der Waals surface area (Å²) in [6, 6.07) is 12.5. The number of amides is 1. The predicted octanol–water partition coefficient (Wildman–Crippen LogP) is 4.81. The molecule has 1 aliphatic heterocycles. The van der Waals surface area contributed by atoms with Crippen molar-refractivity contribution in [2.45, 2.75) is 13.5 Å². The minimum atomic E-state index is -0.177. The molecule has 0 radical (unpaired) electrons. The first-order chi connectivity index (χ1) is 16.1. The average Bonchev–Trinajstić information content (AvgIpc) is 3.14. The van der Waals surface area contributed by atoms with E-state index in [1.54, 1.807) is 6.07 Å². The van der Waals surface area contributed by atoms with Gasteiger partial charge in [0.2, 0.25) is 0 Å². The van der Waals surface area contributed by atoms with E-state index in [4.69, 9.17) is 4.98 Å². The second-order valence-corrected chi connectivity index (χ2v) is 8.70. The second-order valence-electron chi connectivity index (χ2n) is 8.70. The lowest BCUT2D eigenvalue weighted by Gasteiger charge is -2.34. The van der Waals surface area contributed by atoms with Crippen molar-refractivity contribution in [2.24, 2.45) is 5.92 Å². The van der Waals surface area contributed by atoms with Gasteiger partial charge < -0.3 is 9.88 Å². The van der Waals surface area contributed by atoms with Crippen LogP contribution < -0.4 is 0 Å². The molecule has 2 heterocycles. The molecule has 0 bridgehead atoms. The molecule has 0 saturated carbocycles. The summed E-state index contributed by atoms with van der Waals surface area (Å²) >= 11 is 0. The molecule has 1 N–H and O–H groups in total. The minimum absolute atomic E-state index is 0.0175. The summed E-state index contributed by atoms with van der Waals surface area (Å²) in [6.45, 7) is 5.41. The fourth-order valence-electron chi connectivity index (χ4n) is 4.31. The summed E-state index contributed by atoms with van der Waals surface area (Å²) in [7, 11) is 0. The van der Waals surface area contributed by atoms with Gasteiger partial charge in [-0.2, -0.15) is 0 Å². The van der Waals surface area contributed by atoms with Crippen molar-refractivity contribution >= 4 is 22.5 Å². The highest BCUT2D eigenvalue weighted by atomic mass is 19.1. The molecular formula is C27H27FN4O. The molecule has 5 rings (SSSR count). The molecule has 5 nitrogen and oxygen atoms in total. The third-order valence-corrected chi connectivity index (χ3v) is 6.28. The number of piperazine rings is 1. The number of allylic oxidation sites excluding steroid dienone is 6. The molecule has 2 aromatic carbocycles. The van der Waals surface area contributed by atoms with E-state index < -0.39 is 0 Å². The number of nitrogens with one attached hydrogen (secondary N) is 1. The first-order valence-corrected chi connectivity index (χ1v) is 11.4. The van der Waals surface area contributed by atoms with E-state index in [1.165, 1.54) is 6.07 Å². The summed E-state index contributed by atoms with van der Waals surface area (Å²) in [6.07, 6.45) is 10.5. The zero-order chi connectivity index (χ0) is 22.8. The van der Waals surface area contributed by atoms with E-state index in [1.807, 2.05) is 47.4 Å². The van der Waals surface area contributed by atoms with Gasteiger partial charge in [0.1, 0.15) is 11.6 Å². The quantitative estimate of drug-likeness (QED) is 0.631. The van der Waals surface area contributed by atoms with Gasteiger partial charge in [-0.1, -0.05) is 55.5 Å². The Bertz CT molecular complexity index is 1260. The molecule has 1 fully saturated rings. The molecule has 1 saturated heterocycles. The Labute approximate surface area is 192 Å². The molecule has 6 heteroatoms. The molecule has 0 spiro atoms. The lowest BCUT2D eigenvalue weighted by Crippen LogP contribution is -2.48. The Kier molecular flexibility index (Phi) is 5.92. The van der Waals surface area contributed by atoms with Gasteiger partial charge in [-0.25, -0.2) is 9.37 Å². The summed E-state index contributed by atoms with van der Waals surface area (Å²) < 4.78 is 13.9. The number of benzene rings is 2. The van der Waals surface area contributed by atoms with Crippen LogP contribution in [0.3, 0.4) is 0 Å². The zero-order valence-electron chi connectivity index (χ0n) is 18.7. The van der Waals surface area contributed by atoms with Crippen molar-refractivity contribution in [1.82, 2.24) is 19.8 Å². The van der Waals surface area contributed by atoms with Gasteiger partial charge in [0.25, 0.3) is 5.91 Å². The third-order valence-electron chi connectivity index (χ3n) is 6.28. The van der Waals surface area contributed by atoms with Crippen molar-refractivity contribution in [3.05, 3.63) is 95.6 Å². The summed E-state index contributed by atoms with van der Waals surface area (Å²) in [4.78, 5) is 25.3. The number of aromatic nitrogens is 2. The van der Waals surface area contributed by atoms with Crippen LogP contribution in [-0.2, 0) is 6.54 Å². The normalized spacial score (nSPS) is 19.0. The van der Waals surface area contributed by atoms with E-state index >= 15 is 0 Å². The highest BCUT2D eigenvalue weighted by Gasteiger charge is 2.23. The number of aromatic amines is 1. The molecule has 33 heavy (non-hydrogen) atoms. The molecule has 168 valence electrons. The number of hydrogen-bond acceptors (Lipinski definition) is 3. The Morgan fingerprint density at radius 3 is 2.76 bits per heavy atom. The number of carbonyl (C=O) groups is 1. The standard InChI is InChI=1S/C27H27FN4O/c1-19-5-4-7-20(10-9-19)26-29-24-12-11-21(17-25(24)30-26)27(33)32-15-13-31(14-16-32)18-22-6-2-3-8-23(22)28/h2-12,17,19H,13-16,18H2,1H3,(H,29,30). The Morgan fingerprint density at radius 2 is 1.94 bits per heavy atom. The summed E-state index contributed by atoms with van der Waals surface area (Å²) in [5.41, 5.74) is 4.06. The van der Waals surface area contributed by atoms with Crippen LogP contribution in [0.25, 0.3) is 16.6 Å². The first kappa shape index (κ1) is 21.3. The molecular weight excluding hydrogens is 415 g/mol. The number of halogens is 1. The number of imidazole rings is 1. The van der Waals surface area contributed by atoms with Crippen LogP contribution >= 0.6 is 0 Å². The van der Waals surface area contributed by atoms with E-state index in [2.05, 4.69) is 35.0 Å².